The third-order valence-electron chi connectivity index (χ3n) is 4.74. The minimum atomic E-state index is -0.636. The van der Waals surface area contributed by atoms with Crippen LogP contribution in [0.5, 0.6) is 0 Å². The maximum atomic E-state index is 5.99. The van der Waals surface area contributed by atoms with Crippen molar-refractivity contribution < 1.29 is 4.74 Å². The first-order chi connectivity index (χ1) is 12.7. The number of ether oxygens (including phenoxy) is 1. The Hall–Kier alpha value is -2.31. The van der Waals surface area contributed by atoms with Crippen LogP contribution in [0.4, 0.5) is 0 Å². The standard InChI is InChI=1S/C23H23NOP/c1-17(2)21-16-25-23(24-21)20-14-9-15-22(20)26(18-10-5-3-6-11-18)19-12-7-4-8-13-19/h3-15,17,21H,16H2,1-2H3/q-1/t21-/m0/s1. The van der Waals surface area contributed by atoms with Crippen LogP contribution in [0.3, 0.4) is 0 Å². The first-order valence-corrected chi connectivity index (χ1v) is 10.4. The molecule has 2 nitrogen and oxygen atoms in total. The molecule has 0 spiro atoms. The number of allylic oxidation sites excluding steroid dienone is 5. The molecule has 1 fully saturated rings. The van der Waals surface area contributed by atoms with E-state index in [-0.39, 0.29) is 6.04 Å². The second-order valence-corrected chi connectivity index (χ2v) is 9.07. The van der Waals surface area contributed by atoms with E-state index in [1.807, 2.05) is 0 Å². The Bertz CT molecular complexity index is 813. The van der Waals surface area contributed by atoms with Crippen LogP contribution in [-0.2, 0) is 4.74 Å². The van der Waals surface area contributed by atoms with Crippen molar-refractivity contribution in [2.24, 2.45) is 5.92 Å². The molecule has 0 bridgehead atoms. The van der Waals surface area contributed by atoms with Gasteiger partial charge >= 0.3 is 0 Å². The van der Waals surface area contributed by atoms with E-state index >= 15 is 0 Å². The minimum Gasteiger partial charge on any atom is -0.648 e. The van der Waals surface area contributed by atoms with Crippen molar-refractivity contribution in [2.75, 3.05) is 6.61 Å². The van der Waals surface area contributed by atoms with Crippen LogP contribution in [-0.4, -0.2) is 12.6 Å². The highest BCUT2D eigenvalue weighted by Crippen LogP contribution is 2.50. The Morgan fingerprint density at radius 1 is 0.962 bits per heavy atom. The van der Waals surface area contributed by atoms with Gasteiger partial charge < -0.3 is 10.1 Å². The number of hydrogen-bond acceptors (Lipinski definition) is 1. The average Bonchev–Trinajstić information content (AvgIpc) is 3.33. The van der Waals surface area contributed by atoms with Crippen LogP contribution in [0.25, 0.3) is 5.32 Å². The highest BCUT2D eigenvalue weighted by molar-refractivity contribution is 7.77. The smallest absolute Gasteiger partial charge is 0.0726 e. The molecule has 1 aliphatic heterocycles. The normalized spacial score (nSPS) is 21.8. The molecule has 0 aromatic heterocycles. The third kappa shape index (κ3) is 3.34. The maximum absolute atomic E-state index is 5.99. The zero-order valence-corrected chi connectivity index (χ0v) is 16.1. The molecular formula is C23H23NOP-. The summed E-state index contributed by atoms with van der Waals surface area (Å²) in [6.07, 6.45) is 6.51. The van der Waals surface area contributed by atoms with Gasteiger partial charge in [-0.3, -0.25) is 0 Å². The summed E-state index contributed by atoms with van der Waals surface area (Å²) in [4.78, 5) is 0. The van der Waals surface area contributed by atoms with Crippen LogP contribution in [0.2, 0.25) is 0 Å². The van der Waals surface area contributed by atoms with Gasteiger partial charge in [-0.25, -0.2) is 0 Å². The second kappa shape index (κ2) is 7.51. The molecule has 2 aromatic carbocycles. The molecule has 132 valence electrons. The van der Waals surface area contributed by atoms with Gasteiger partial charge in [-0.1, -0.05) is 105 Å². The first kappa shape index (κ1) is 17.1. The van der Waals surface area contributed by atoms with E-state index < -0.39 is 7.92 Å². The van der Waals surface area contributed by atoms with Crippen molar-refractivity contribution in [1.82, 2.24) is 0 Å². The molecule has 0 unspecified atom stereocenters. The first-order valence-electron chi connectivity index (χ1n) is 9.11. The molecule has 1 heterocycles. The number of hydrogen-bond donors (Lipinski definition) is 0. The fourth-order valence-corrected chi connectivity index (χ4v) is 5.69. The Balaban J connectivity index is 1.75. The van der Waals surface area contributed by atoms with E-state index in [9.17, 15) is 0 Å². The third-order valence-corrected chi connectivity index (χ3v) is 7.24. The fraction of sp³-hybridized carbons (Fsp3) is 0.217. The highest BCUT2D eigenvalue weighted by Gasteiger charge is 2.25. The Morgan fingerprint density at radius 2 is 1.58 bits per heavy atom. The molecule has 1 saturated heterocycles. The topological polar surface area (TPSA) is 23.3 Å². The highest BCUT2D eigenvalue weighted by atomic mass is 31.1. The average molecular weight is 360 g/mol. The minimum absolute atomic E-state index is 0.257. The zero-order valence-electron chi connectivity index (χ0n) is 15.2. The zero-order chi connectivity index (χ0) is 17.9. The van der Waals surface area contributed by atoms with Gasteiger partial charge in [-0.05, 0) is 23.8 Å². The molecule has 0 saturated carbocycles. The summed E-state index contributed by atoms with van der Waals surface area (Å²) >= 11 is 0. The number of nitrogens with zero attached hydrogens (tertiary/aromatic N) is 1. The predicted octanol–water partition coefficient (Wildman–Crippen LogP) is 5.21. The van der Waals surface area contributed by atoms with Crippen LogP contribution >= 0.6 is 7.92 Å². The predicted molar refractivity (Wildman–Crippen MR) is 111 cm³/mol. The summed E-state index contributed by atoms with van der Waals surface area (Å²) in [6, 6.07) is 21.8. The lowest BCUT2D eigenvalue weighted by Gasteiger charge is -2.28. The van der Waals surface area contributed by atoms with Crippen molar-refractivity contribution in [3.63, 3.8) is 0 Å². The SMILES string of the molecule is CC(C)[C@@H]1COC(=C2C=CC=C2P(c2ccccc2)c2ccccc2)[N-]1. The molecule has 2 aromatic rings. The lowest BCUT2D eigenvalue weighted by Crippen LogP contribution is -2.13. The van der Waals surface area contributed by atoms with E-state index in [4.69, 9.17) is 10.1 Å². The second-order valence-electron chi connectivity index (χ2n) is 6.89. The summed E-state index contributed by atoms with van der Waals surface area (Å²) in [7, 11) is -0.636. The van der Waals surface area contributed by atoms with Gasteiger partial charge in [0.25, 0.3) is 0 Å². The Labute approximate surface area is 157 Å². The summed E-state index contributed by atoms with van der Waals surface area (Å²) in [5.41, 5.74) is 1.15. The molecule has 1 atom stereocenters. The largest absolute Gasteiger partial charge is 0.648 e. The van der Waals surface area contributed by atoms with E-state index in [0.717, 1.165) is 11.5 Å². The van der Waals surface area contributed by atoms with E-state index in [1.54, 1.807) is 0 Å². The molecule has 0 amide bonds. The molecule has 0 radical (unpaired) electrons. The van der Waals surface area contributed by atoms with Crippen molar-refractivity contribution in [3.05, 3.63) is 101 Å². The molecule has 26 heavy (non-hydrogen) atoms. The van der Waals surface area contributed by atoms with E-state index in [2.05, 4.69) is 92.7 Å². The van der Waals surface area contributed by atoms with Gasteiger partial charge in [0.15, 0.2) is 0 Å². The number of benzene rings is 2. The van der Waals surface area contributed by atoms with Gasteiger partial charge in [-0.2, -0.15) is 0 Å². The van der Waals surface area contributed by atoms with Crippen LogP contribution in [0.1, 0.15) is 13.8 Å². The molecule has 0 N–H and O–H groups in total. The lowest BCUT2D eigenvalue weighted by atomic mass is 10.1. The van der Waals surface area contributed by atoms with Gasteiger partial charge in [0.05, 0.1) is 6.61 Å². The number of rotatable bonds is 4. The van der Waals surface area contributed by atoms with Gasteiger partial charge in [0.2, 0.25) is 0 Å². The van der Waals surface area contributed by atoms with Crippen LogP contribution in [0.15, 0.2) is 95.7 Å². The fourth-order valence-electron chi connectivity index (χ4n) is 3.25. The van der Waals surface area contributed by atoms with Gasteiger partial charge in [0.1, 0.15) is 0 Å². The maximum Gasteiger partial charge on any atom is 0.0726 e. The summed E-state index contributed by atoms with van der Waals surface area (Å²) in [6.45, 7) is 5.09. The Kier molecular flexibility index (Phi) is 4.95. The summed E-state index contributed by atoms with van der Waals surface area (Å²) in [5, 5.41) is 8.88. The summed E-state index contributed by atoms with van der Waals surface area (Å²) < 4.78 is 5.99. The Morgan fingerprint density at radius 3 is 2.12 bits per heavy atom. The molecule has 3 heteroatoms. The van der Waals surface area contributed by atoms with Crippen molar-refractivity contribution in [1.29, 1.82) is 0 Å². The lowest BCUT2D eigenvalue weighted by molar-refractivity contribution is 0.243. The van der Waals surface area contributed by atoms with Crippen LogP contribution < -0.4 is 10.6 Å². The molecular weight excluding hydrogens is 337 g/mol. The van der Waals surface area contributed by atoms with Crippen molar-refractivity contribution in [2.45, 2.75) is 19.9 Å². The van der Waals surface area contributed by atoms with Gasteiger partial charge in [-0.15, -0.1) is 0 Å². The van der Waals surface area contributed by atoms with Gasteiger partial charge in [0, 0.05) is 11.5 Å². The van der Waals surface area contributed by atoms with Crippen molar-refractivity contribution in [3.8, 4) is 0 Å². The molecule has 2 aliphatic rings. The monoisotopic (exact) mass is 360 g/mol. The van der Waals surface area contributed by atoms with Crippen LogP contribution in [0, 0.1) is 5.92 Å². The quantitative estimate of drug-likeness (QED) is 0.686. The van der Waals surface area contributed by atoms with E-state index in [0.29, 0.717) is 12.5 Å². The van der Waals surface area contributed by atoms with E-state index in [1.165, 1.54) is 15.9 Å². The molecule has 4 rings (SSSR count). The van der Waals surface area contributed by atoms with Crippen molar-refractivity contribution >= 4 is 18.5 Å². The molecule has 1 aliphatic carbocycles. The summed E-state index contributed by atoms with van der Waals surface area (Å²) in [5.74, 6) is 1.30.